The topological polar surface area (TPSA) is 67.2 Å². The Kier molecular flexibility index (Phi) is 5.25. The average molecular weight is 422 g/mol. The first-order valence-corrected chi connectivity index (χ1v) is 10.5. The molecule has 1 atom stereocenters. The van der Waals surface area contributed by atoms with Crippen molar-refractivity contribution in [3.05, 3.63) is 108 Å². The molecule has 0 bridgehead atoms. The minimum atomic E-state index is -0.561. The Morgan fingerprint density at radius 3 is 2.12 bits per heavy atom. The summed E-state index contributed by atoms with van der Waals surface area (Å²) in [4.78, 5) is 27.0. The van der Waals surface area contributed by atoms with Crippen molar-refractivity contribution >= 4 is 11.9 Å². The Labute approximate surface area is 186 Å². The highest BCUT2D eigenvalue weighted by Gasteiger charge is 2.38. The molecular weight excluding hydrogens is 400 g/mol. The van der Waals surface area contributed by atoms with Crippen molar-refractivity contribution in [2.24, 2.45) is 0 Å². The van der Waals surface area contributed by atoms with Gasteiger partial charge >= 0.3 is 6.03 Å². The fourth-order valence-electron chi connectivity index (χ4n) is 3.96. The lowest BCUT2D eigenvalue weighted by molar-refractivity contribution is -0.127. The second kappa shape index (κ2) is 8.51. The number of aromatic nitrogens is 2. The summed E-state index contributed by atoms with van der Waals surface area (Å²) in [6, 6.07) is 28.4. The van der Waals surface area contributed by atoms with Gasteiger partial charge in [-0.2, -0.15) is 5.10 Å². The molecular formula is C26H22N4O2. The van der Waals surface area contributed by atoms with E-state index in [1.807, 2.05) is 97.2 Å². The Morgan fingerprint density at radius 2 is 1.44 bits per heavy atom. The van der Waals surface area contributed by atoms with Gasteiger partial charge in [-0.05, 0) is 17.7 Å². The van der Waals surface area contributed by atoms with Crippen LogP contribution in [0.5, 0.6) is 0 Å². The van der Waals surface area contributed by atoms with E-state index in [1.54, 1.807) is 4.68 Å². The second-order valence-electron chi connectivity index (χ2n) is 7.77. The summed E-state index contributed by atoms with van der Waals surface area (Å²) in [7, 11) is 0. The number of urea groups is 1. The van der Waals surface area contributed by atoms with Crippen LogP contribution in [-0.4, -0.2) is 32.7 Å². The van der Waals surface area contributed by atoms with Crippen molar-refractivity contribution in [1.82, 2.24) is 20.0 Å². The molecule has 1 fully saturated rings. The second-order valence-corrected chi connectivity index (χ2v) is 7.77. The third-order valence-electron chi connectivity index (χ3n) is 5.58. The molecule has 1 aliphatic heterocycles. The number of hydrogen-bond donors (Lipinski definition) is 1. The van der Waals surface area contributed by atoms with Crippen LogP contribution in [0.3, 0.4) is 0 Å². The molecule has 6 nitrogen and oxygen atoms in total. The molecule has 5 rings (SSSR count). The van der Waals surface area contributed by atoms with Gasteiger partial charge in [-0.25, -0.2) is 9.48 Å². The summed E-state index contributed by atoms with van der Waals surface area (Å²) < 4.78 is 1.79. The number of benzene rings is 3. The molecule has 158 valence electrons. The Hall–Kier alpha value is -4.19. The maximum Gasteiger partial charge on any atom is 0.325 e. The zero-order valence-electron chi connectivity index (χ0n) is 17.4. The molecule has 0 saturated carbocycles. The standard InChI is InChI=1S/C26H22N4O2/c31-25-23(16-19-10-4-1-5-11-19)27-26(32)29(25)17-21-18-30(22-14-8-3-9-15-22)28-24(21)20-12-6-2-7-13-20/h1-15,18,23H,16-17H2,(H,27,32). The van der Waals surface area contributed by atoms with Crippen LogP contribution in [0, 0.1) is 0 Å². The SMILES string of the molecule is O=C1NC(Cc2ccccc2)C(=O)N1Cc1cn(-c2ccccc2)nc1-c1ccccc1. The van der Waals surface area contributed by atoms with E-state index in [1.165, 1.54) is 4.90 Å². The number of amides is 3. The van der Waals surface area contributed by atoms with Crippen molar-refractivity contribution < 1.29 is 9.59 Å². The fraction of sp³-hybridized carbons (Fsp3) is 0.115. The molecule has 1 unspecified atom stereocenters. The zero-order valence-corrected chi connectivity index (χ0v) is 17.4. The van der Waals surface area contributed by atoms with Gasteiger partial charge in [-0.1, -0.05) is 78.9 Å². The van der Waals surface area contributed by atoms with Gasteiger partial charge in [-0.15, -0.1) is 0 Å². The van der Waals surface area contributed by atoms with Crippen molar-refractivity contribution in [3.8, 4) is 16.9 Å². The predicted molar refractivity (Wildman–Crippen MR) is 122 cm³/mol. The summed E-state index contributed by atoms with van der Waals surface area (Å²) in [5, 5.41) is 7.61. The van der Waals surface area contributed by atoms with Gasteiger partial charge in [0, 0.05) is 23.7 Å². The Bertz CT molecular complexity index is 1240. The number of carbonyl (C=O) groups excluding carboxylic acids is 2. The molecule has 0 radical (unpaired) electrons. The molecule has 1 saturated heterocycles. The number of nitrogens with one attached hydrogen (secondary N) is 1. The number of nitrogens with zero attached hydrogens (tertiary/aromatic N) is 3. The van der Waals surface area contributed by atoms with Crippen molar-refractivity contribution in [1.29, 1.82) is 0 Å². The smallest absolute Gasteiger partial charge is 0.325 e. The third-order valence-corrected chi connectivity index (χ3v) is 5.58. The lowest BCUT2D eigenvalue weighted by atomic mass is 10.1. The van der Waals surface area contributed by atoms with Crippen LogP contribution in [0.15, 0.2) is 97.2 Å². The highest BCUT2D eigenvalue weighted by molar-refractivity contribution is 6.04. The number of carbonyl (C=O) groups is 2. The molecule has 1 N–H and O–H groups in total. The lowest BCUT2D eigenvalue weighted by Gasteiger charge is -2.13. The first-order valence-electron chi connectivity index (χ1n) is 10.5. The maximum atomic E-state index is 13.1. The Balaban J connectivity index is 1.45. The first-order chi connectivity index (χ1) is 15.7. The number of para-hydroxylation sites is 1. The van der Waals surface area contributed by atoms with Gasteiger partial charge in [0.15, 0.2) is 0 Å². The van der Waals surface area contributed by atoms with E-state index in [4.69, 9.17) is 5.10 Å². The molecule has 2 heterocycles. The van der Waals surface area contributed by atoms with Crippen LogP contribution in [0.4, 0.5) is 4.79 Å². The van der Waals surface area contributed by atoms with E-state index in [0.717, 1.165) is 28.1 Å². The van der Waals surface area contributed by atoms with Gasteiger partial charge < -0.3 is 5.32 Å². The van der Waals surface area contributed by atoms with Crippen molar-refractivity contribution in [3.63, 3.8) is 0 Å². The average Bonchev–Trinajstić information content (AvgIpc) is 3.38. The summed E-state index contributed by atoms with van der Waals surface area (Å²) in [5.74, 6) is -0.217. The van der Waals surface area contributed by atoms with Gasteiger partial charge in [0.05, 0.1) is 17.9 Å². The molecule has 0 aliphatic carbocycles. The number of imide groups is 1. The fourth-order valence-corrected chi connectivity index (χ4v) is 3.96. The molecule has 4 aromatic rings. The molecule has 32 heavy (non-hydrogen) atoms. The summed E-state index contributed by atoms with van der Waals surface area (Å²) in [5.41, 5.74) is 4.42. The van der Waals surface area contributed by atoms with Crippen molar-refractivity contribution in [2.45, 2.75) is 19.0 Å². The summed E-state index contributed by atoms with van der Waals surface area (Å²) in [6.45, 7) is 0.160. The van der Waals surface area contributed by atoms with E-state index in [0.29, 0.717) is 6.42 Å². The van der Waals surface area contributed by atoms with Crippen LogP contribution in [-0.2, 0) is 17.8 Å². The van der Waals surface area contributed by atoms with E-state index in [-0.39, 0.29) is 18.5 Å². The zero-order chi connectivity index (χ0) is 21.9. The highest BCUT2D eigenvalue weighted by atomic mass is 16.2. The van der Waals surface area contributed by atoms with E-state index in [2.05, 4.69) is 5.32 Å². The molecule has 1 aliphatic rings. The largest absolute Gasteiger partial charge is 0.325 e. The maximum absolute atomic E-state index is 13.1. The number of rotatable bonds is 6. The summed E-state index contributed by atoms with van der Waals surface area (Å²) >= 11 is 0. The van der Waals surface area contributed by atoms with Gasteiger partial charge in [0.25, 0.3) is 5.91 Å². The lowest BCUT2D eigenvalue weighted by Crippen LogP contribution is -2.32. The first kappa shape index (κ1) is 19.8. The van der Waals surface area contributed by atoms with Crippen LogP contribution in [0.2, 0.25) is 0 Å². The monoisotopic (exact) mass is 422 g/mol. The van der Waals surface area contributed by atoms with E-state index >= 15 is 0 Å². The van der Waals surface area contributed by atoms with Gasteiger partial charge in [-0.3, -0.25) is 9.69 Å². The molecule has 1 aromatic heterocycles. The molecule has 0 spiro atoms. The quantitative estimate of drug-likeness (QED) is 0.474. The number of hydrogen-bond acceptors (Lipinski definition) is 3. The normalized spacial score (nSPS) is 15.8. The van der Waals surface area contributed by atoms with Crippen LogP contribution in [0.1, 0.15) is 11.1 Å². The molecule has 6 heteroatoms. The molecule has 3 aromatic carbocycles. The van der Waals surface area contributed by atoms with Gasteiger partial charge in [0.2, 0.25) is 0 Å². The van der Waals surface area contributed by atoms with E-state index < -0.39 is 6.04 Å². The van der Waals surface area contributed by atoms with Crippen LogP contribution >= 0.6 is 0 Å². The van der Waals surface area contributed by atoms with Crippen LogP contribution in [0.25, 0.3) is 16.9 Å². The highest BCUT2D eigenvalue weighted by Crippen LogP contribution is 2.26. The Morgan fingerprint density at radius 1 is 0.812 bits per heavy atom. The third kappa shape index (κ3) is 3.90. The minimum Gasteiger partial charge on any atom is -0.325 e. The molecule has 3 amide bonds. The van der Waals surface area contributed by atoms with E-state index in [9.17, 15) is 9.59 Å². The van der Waals surface area contributed by atoms with Crippen LogP contribution < -0.4 is 5.32 Å². The predicted octanol–water partition coefficient (Wildman–Crippen LogP) is 4.20. The summed E-state index contributed by atoms with van der Waals surface area (Å²) in [6.07, 6.45) is 2.36. The van der Waals surface area contributed by atoms with Crippen molar-refractivity contribution in [2.75, 3.05) is 0 Å². The van der Waals surface area contributed by atoms with Gasteiger partial charge in [0.1, 0.15) is 6.04 Å². The minimum absolute atomic E-state index is 0.160.